The maximum absolute atomic E-state index is 10.2. The second-order valence-electron chi connectivity index (χ2n) is 4.83. The molecule has 1 aromatic carbocycles. The maximum Gasteiger partial charge on any atom is 0.122 e. The molecule has 102 valence electrons. The van der Waals surface area contributed by atoms with E-state index in [1.165, 1.54) is 0 Å². The lowest BCUT2D eigenvalue weighted by atomic mass is 10.1. The zero-order chi connectivity index (χ0) is 13.8. The second kappa shape index (κ2) is 5.86. The van der Waals surface area contributed by atoms with E-state index in [-0.39, 0.29) is 0 Å². The predicted octanol–water partition coefficient (Wildman–Crippen LogP) is 1.17. The Balaban J connectivity index is 1.93. The minimum Gasteiger partial charge on any atom is -0.399 e. The smallest absolute Gasteiger partial charge is 0.122 e. The Morgan fingerprint density at radius 3 is 2.63 bits per heavy atom. The number of hydrogen-bond donors (Lipinski definition) is 2. The van der Waals surface area contributed by atoms with Gasteiger partial charge in [-0.1, -0.05) is 12.1 Å². The summed E-state index contributed by atoms with van der Waals surface area (Å²) in [6.07, 6.45) is 3.17. The monoisotopic (exact) mass is 260 g/mol. The highest BCUT2D eigenvalue weighted by molar-refractivity contribution is 5.39. The third-order valence-electron chi connectivity index (χ3n) is 3.14. The molecule has 0 aliphatic heterocycles. The van der Waals surface area contributed by atoms with Crippen LogP contribution in [0.4, 0.5) is 5.69 Å². The molecule has 1 heterocycles. The van der Waals surface area contributed by atoms with E-state index in [0.29, 0.717) is 18.8 Å². The summed E-state index contributed by atoms with van der Waals surface area (Å²) in [5.74, 6) is 0.979. The van der Waals surface area contributed by atoms with Crippen LogP contribution in [0.25, 0.3) is 0 Å². The Hall–Kier alpha value is -1.85. The number of imidazole rings is 1. The lowest BCUT2D eigenvalue weighted by molar-refractivity contribution is 0.122. The number of benzene rings is 1. The molecule has 0 aliphatic carbocycles. The molecule has 0 saturated carbocycles. The molecule has 0 amide bonds. The van der Waals surface area contributed by atoms with E-state index in [1.807, 2.05) is 41.9 Å². The molecule has 19 heavy (non-hydrogen) atoms. The summed E-state index contributed by atoms with van der Waals surface area (Å²) in [5.41, 5.74) is 7.21. The number of aryl methyl sites for hydroxylation is 1. The molecule has 5 heteroatoms. The Kier molecular flexibility index (Phi) is 4.19. The third kappa shape index (κ3) is 3.56. The van der Waals surface area contributed by atoms with E-state index in [9.17, 15) is 5.11 Å². The van der Waals surface area contributed by atoms with Crippen LogP contribution in [0.15, 0.2) is 36.7 Å². The fraction of sp³-hybridized carbons (Fsp3) is 0.357. The summed E-state index contributed by atoms with van der Waals surface area (Å²) in [7, 11) is 3.93. The molecule has 3 N–H and O–H groups in total. The number of nitrogens with zero attached hydrogens (tertiary/aromatic N) is 3. The van der Waals surface area contributed by atoms with Gasteiger partial charge in [-0.05, 0) is 24.7 Å². The summed E-state index contributed by atoms with van der Waals surface area (Å²) >= 11 is 0. The highest BCUT2D eigenvalue weighted by atomic mass is 16.3. The van der Waals surface area contributed by atoms with Gasteiger partial charge in [0.1, 0.15) is 5.82 Å². The van der Waals surface area contributed by atoms with Crippen molar-refractivity contribution in [3.05, 3.63) is 48.0 Å². The molecule has 1 atom stereocenters. The standard InChI is InChI=1S/C14H20N4O/c1-17(10-14-16-7-8-18(14)2)9-13(19)11-3-5-12(15)6-4-11/h3-8,13,19H,9-10,15H2,1-2H3. The van der Waals surface area contributed by atoms with Gasteiger partial charge >= 0.3 is 0 Å². The minimum atomic E-state index is -0.522. The Morgan fingerprint density at radius 2 is 2.05 bits per heavy atom. The van der Waals surface area contributed by atoms with E-state index in [0.717, 1.165) is 11.4 Å². The molecule has 0 saturated heterocycles. The highest BCUT2D eigenvalue weighted by Gasteiger charge is 2.12. The molecule has 1 aromatic heterocycles. The number of nitrogens with two attached hydrogens (primary N) is 1. The van der Waals surface area contributed by atoms with Gasteiger partial charge in [0.2, 0.25) is 0 Å². The maximum atomic E-state index is 10.2. The molecule has 5 nitrogen and oxygen atoms in total. The van der Waals surface area contributed by atoms with Crippen molar-refractivity contribution in [3.8, 4) is 0 Å². The van der Waals surface area contributed by atoms with Crippen LogP contribution < -0.4 is 5.73 Å². The van der Waals surface area contributed by atoms with Crippen molar-refractivity contribution >= 4 is 5.69 Å². The number of aromatic nitrogens is 2. The Labute approximate surface area is 113 Å². The van der Waals surface area contributed by atoms with Crippen molar-refractivity contribution < 1.29 is 5.11 Å². The van der Waals surface area contributed by atoms with Crippen LogP contribution in [0.2, 0.25) is 0 Å². The molecule has 0 fully saturated rings. The molecular formula is C14H20N4O. The average Bonchev–Trinajstić information content (AvgIpc) is 2.75. The summed E-state index contributed by atoms with van der Waals surface area (Å²) in [4.78, 5) is 6.32. The van der Waals surface area contributed by atoms with Crippen LogP contribution in [0, 0.1) is 0 Å². The number of hydrogen-bond acceptors (Lipinski definition) is 4. The Bertz CT molecular complexity index is 520. The summed E-state index contributed by atoms with van der Waals surface area (Å²) in [6.45, 7) is 1.26. The quantitative estimate of drug-likeness (QED) is 0.792. The van der Waals surface area contributed by atoms with Gasteiger partial charge in [0, 0.05) is 31.7 Å². The van der Waals surface area contributed by atoms with Gasteiger partial charge in [0.05, 0.1) is 12.6 Å². The van der Waals surface area contributed by atoms with Crippen LogP contribution in [-0.4, -0.2) is 33.1 Å². The largest absolute Gasteiger partial charge is 0.399 e. The third-order valence-corrected chi connectivity index (χ3v) is 3.14. The first-order chi connectivity index (χ1) is 9.06. The van der Waals surface area contributed by atoms with Crippen LogP contribution in [-0.2, 0) is 13.6 Å². The van der Waals surface area contributed by atoms with E-state index in [4.69, 9.17) is 5.73 Å². The number of aliphatic hydroxyl groups excluding tert-OH is 1. The van der Waals surface area contributed by atoms with Crippen LogP contribution in [0.5, 0.6) is 0 Å². The van der Waals surface area contributed by atoms with E-state index in [2.05, 4.69) is 4.98 Å². The number of likely N-dealkylation sites (N-methyl/N-ethyl adjacent to an activating group) is 1. The molecular weight excluding hydrogens is 240 g/mol. The first kappa shape index (κ1) is 13.6. The van der Waals surface area contributed by atoms with Crippen molar-refractivity contribution in [1.82, 2.24) is 14.5 Å². The molecule has 0 spiro atoms. The van der Waals surface area contributed by atoms with Crippen molar-refractivity contribution in [2.45, 2.75) is 12.6 Å². The minimum absolute atomic E-state index is 0.522. The van der Waals surface area contributed by atoms with Gasteiger partial charge in [-0.25, -0.2) is 4.98 Å². The van der Waals surface area contributed by atoms with Gasteiger partial charge in [-0.2, -0.15) is 0 Å². The molecule has 1 unspecified atom stereocenters. The number of aliphatic hydroxyl groups is 1. The van der Waals surface area contributed by atoms with E-state index in [1.54, 1.807) is 18.3 Å². The molecule has 0 radical (unpaired) electrons. The topological polar surface area (TPSA) is 67.3 Å². The molecule has 2 rings (SSSR count). The number of nitrogen functional groups attached to an aromatic ring is 1. The summed E-state index contributed by atoms with van der Waals surface area (Å²) in [5, 5.41) is 10.2. The zero-order valence-corrected chi connectivity index (χ0v) is 11.3. The van der Waals surface area contributed by atoms with Crippen LogP contribution in [0.1, 0.15) is 17.5 Å². The van der Waals surface area contributed by atoms with E-state index < -0.39 is 6.10 Å². The van der Waals surface area contributed by atoms with Crippen molar-refractivity contribution in [3.63, 3.8) is 0 Å². The second-order valence-corrected chi connectivity index (χ2v) is 4.83. The number of anilines is 1. The Morgan fingerprint density at radius 1 is 1.37 bits per heavy atom. The van der Waals surface area contributed by atoms with E-state index >= 15 is 0 Å². The van der Waals surface area contributed by atoms with Gasteiger partial charge < -0.3 is 15.4 Å². The lowest BCUT2D eigenvalue weighted by Gasteiger charge is -2.20. The van der Waals surface area contributed by atoms with Gasteiger partial charge in [-0.15, -0.1) is 0 Å². The molecule has 2 aromatic rings. The predicted molar refractivity (Wildman–Crippen MR) is 75.4 cm³/mol. The van der Waals surface area contributed by atoms with Gasteiger partial charge in [0.15, 0.2) is 0 Å². The number of rotatable bonds is 5. The SMILES string of the molecule is CN(Cc1nccn1C)CC(O)c1ccc(N)cc1. The summed E-state index contributed by atoms with van der Waals surface area (Å²) < 4.78 is 1.98. The lowest BCUT2D eigenvalue weighted by Crippen LogP contribution is -2.25. The highest BCUT2D eigenvalue weighted by Crippen LogP contribution is 2.16. The average molecular weight is 260 g/mol. The fourth-order valence-corrected chi connectivity index (χ4v) is 1.97. The van der Waals surface area contributed by atoms with Gasteiger partial charge in [-0.3, -0.25) is 4.90 Å². The van der Waals surface area contributed by atoms with Crippen molar-refractivity contribution in [2.24, 2.45) is 7.05 Å². The van der Waals surface area contributed by atoms with Crippen molar-refractivity contribution in [2.75, 3.05) is 19.3 Å². The van der Waals surface area contributed by atoms with Crippen molar-refractivity contribution in [1.29, 1.82) is 0 Å². The van der Waals surface area contributed by atoms with Gasteiger partial charge in [0.25, 0.3) is 0 Å². The summed E-state index contributed by atoms with van der Waals surface area (Å²) in [6, 6.07) is 7.32. The normalized spacial score (nSPS) is 12.8. The zero-order valence-electron chi connectivity index (χ0n) is 11.3. The molecule has 0 aliphatic rings. The first-order valence-electron chi connectivity index (χ1n) is 6.24. The van der Waals surface area contributed by atoms with Crippen LogP contribution >= 0.6 is 0 Å². The first-order valence-corrected chi connectivity index (χ1v) is 6.24. The van der Waals surface area contributed by atoms with Crippen LogP contribution in [0.3, 0.4) is 0 Å². The fourth-order valence-electron chi connectivity index (χ4n) is 1.97. The molecule has 0 bridgehead atoms.